The maximum absolute atomic E-state index is 3.67. The summed E-state index contributed by atoms with van der Waals surface area (Å²) in [6, 6.07) is 1.72. The van der Waals surface area contributed by atoms with Gasteiger partial charge in [0.05, 0.1) is 0 Å². The molecule has 2 saturated carbocycles. The molecule has 0 aromatic carbocycles. The highest BCUT2D eigenvalue weighted by atomic mass is 15.2. The molecule has 1 N–H and O–H groups in total. The Morgan fingerprint density at radius 2 is 1.87 bits per heavy atom. The van der Waals surface area contributed by atoms with Gasteiger partial charge in [0.1, 0.15) is 0 Å². The van der Waals surface area contributed by atoms with E-state index in [1.807, 2.05) is 0 Å². The third kappa shape index (κ3) is 3.18. The van der Waals surface area contributed by atoms with Crippen LogP contribution in [-0.2, 0) is 0 Å². The van der Waals surface area contributed by atoms with E-state index in [2.05, 4.69) is 24.2 Å². The molecule has 2 heteroatoms. The van der Waals surface area contributed by atoms with Gasteiger partial charge in [-0.25, -0.2) is 0 Å². The Morgan fingerprint density at radius 3 is 2.53 bits per heavy atom. The summed E-state index contributed by atoms with van der Waals surface area (Å²) in [6.45, 7) is 4.69. The predicted molar refractivity (Wildman–Crippen MR) is 65.1 cm³/mol. The summed E-state index contributed by atoms with van der Waals surface area (Å²) in [7, 11) is 2.31. The van der Waals surface area contributed by atoms with Crippen LogP contribution in [0, 0.1) is 5.92 Å². The zero-order chi connectivity index (χ0) is 10.7. The van der Waals surface area contributed by atoms with Crippen LogP contribution in [0.4, 0.5) is 0 Å². The minimum Gasteiger partial charge on any atom is -0.314 e. The maximum atomic E-state index is 3.67. The zero-order valence-corrected chi connectivity index (χ0v) is 10.3. The molecule has 0 aromatic rings. The van der Waals surface area contributed by atoms with Gasteiger partial charge in [-0.3, -0.25) is 0 Å². The van der Waals surface area contributed by atoms with Gasteiger partial charge in [0.25, 0.3) is 0 Å². The molecule has 2 rings (SSSR count). The van der Waals surface area contributed by atoms with Gasteiger partial charge in [0, 0.05) is 18.6 Å². The third-order valence-electron chi connectivity index (χ3n) is 4.07. The summed E-state index contributed by atoms with van der Waals surface area (Å²) >= 11 is 0. The molecule has 0 heterocycles. The zero-order valence-electron chi connectivity index (χ0n) is 10.3. The molecule has 0 aliphatic heterocycles. The highest BCUT2D eigenvalue weighted by Crippen LogP contribution is 2.30. The van der Waals surface area contributed by atoms with Crippen LogP contribution >= 0.6 is 0 Å². The monoisotopic (exact) mass is 210 g/mol. The van der Waals surface area contributed by atoms with E-state index >= 15 is 0 Å². The summed E-state index contributed by atoms with van der Waals surface area (Å²) in [5, 5.41) is 3.67. The summed E-state index contributed by atoms with van der Waals surface area (Å²) in [4.78, 5) is 2.60. The van der Waals surface area contributed by atoms with Crippen LogP contribution < -0.4 is 5.32 Å². The Kier molecular flexibility index (Phi) is 4.04. The van der Waals surface area contributed by atoms with E-state index in [0.717, 1.165) is 24.5 Å². The van der Waals surface area contributed by atoms with Crippen LogP contribution in [0.15, 0.2) is 0 Å². The summed E-state index contributed by atoms with van der Waals surface area (Å²) in [5.41, 5.74) is 0. The minimum atomic E-state index is 0.796. The lowest BCUT2D eigenvalue weighted by atomic mass is 9.84. The van der Waals surface area contributed by atoms with Crippen molar-refractivity contribution in [3.05, 3.63) is 0 Å². The minimum absolute atomic E-state index is 0.796. The SMILES string of the molecule is CCNC1CCCCC1CN(C)C1CC1. The van der Waals surface area contributed by atoms with Crippen molar-refractivity contribution in [3.63, 3.8) is 0 Å². The van der Waals surface area contributed by atoms with E-state index in [0.29, 0.717) is 0 Å². The van der Waals surface area contributed by atoms with Gasteiger partial charge in [-0.2, -0.15) is 0 Å². The molecule has 0 spiro atoms. The fraction of sp³-hybridized carbons (Fsp3) is 1.00. The molecule has 15 heavy (non-hydrogen) atoms. The van der Waals surface area contributed by atoms with Crippen LogP contribution in [-0.4, -0.2) is 37.1 Å². The fourth-order valence-electron chi connectivity index (χ4n) is 2.99. The van der Waals surface area contributed by atoms with E-state index in [9.17, 15) is 0 Å². The first-order chi connectivity index (χ1) is 7.31. The number of hydrogen-bond acceptors (Lipinski definition) is 2. The van der Waals surface area contributed by atoms with Crippen LogP contribution in [0.3, 0.4) is 0 Å². The van der Waals surface area contributed by atoms with E-state index < -0.39 is 0 Å². The highest BCUT2D eigenvalue weighted by molar-refractivity contribution is 4.87. The molecular weight excluding hydrogens is 184 g/mol. The average molecular weight is 210 g/mol. The molecule has 0 amide bonds. The number of hydrogen-bond donors (Lipinski definition) is 1. The van der Waals surface area contributed by atoms with Gasteiger partial charge in [0.2, 0.25) is 0 Å². The van der Waals surface area contributed by atoms with Gasteiger partial charge >= 0.3 is 0 Å². The molecule has 2 aliphatic rings. The lowest BCUT2D eigenvalue weighted by Crippen LogP contribution is -2.43. The first-order valence-corrected chi connectivity index (χ1v) is 6.75. The van der Waals surface area contributed by atoms with Crippen molar-refractivity contribution in [2.45, 2.75) is 57.5 Å². The van der Waals surface area contributed by atoms with Gasteiger partial charge < -0.3 is 10.2 Å². The quantitative estimate of drug-likeness (QED) is 0.749. The fourth-order valence-corrected chi connectivity index (χ4v) is 2.99. The number of nitrogens with one attached hydrogen (secondary N) is 1. The van der Waals surface area contributed by atoms with Gasteiger partial charge in [-0.1, -0.05) is 19.8 Å². The molecule has 2 aliphatic carbocycles. The van der Waals surface area contributed by atoms with Crippen molar-refractivity contribution in [1.82, 2.24) is 10.2 Å². The van der Waals surface area contributed by atoms with Crippen molar-refractivity contribution >= 4 is 0 Å². The van der Waals surface area contributed by atoms with Crippen LogP contribution in [0.2, 0.25) is 0 Å². The Bertz CT molecular complexity index is 187. The Balaban J connectivity index is 1.80. The number of rotatable bonds is 5. The van der Waals surface area contributed by atoms with Crippen LogP contribution in [0.1, 0.15) is 45.4 Å². The van der Waals surface area contributed by atoms with E-state index in [1.54, 1.807) is 0 Å². The van der Waals surface area contributed by atoms with E-state index in [1.165, 1.54) is 45.1 Å². The molecule has 0 radical (unpaired) electrons. The molecule has 0 saturated heterocycles. The normalized spacial score (nSPS) is 32.2. The lowest BCUT2D eigenvalue weighted by Gasteiger charge is -2.35. The van der Waals surface area contributed by atoms with E-state index in [4.69, 9.17) is 0 Å². The van der Waals surface area contributed by atoms with E-state index in [-0.39, 0.29) is 0 Å². The second-order valence-electron chi connectivity index (χ2n) is 5.38. The van der Waals surface area contributed by atoms with Crippen molar-refractivity contribution in [2.24, 2.45) is 5.92 Å². The Labute approximate surface area is 94.4 Å². The topological polar surface area (TPSA) is 15.3 Å². The summed E-state index contributed by atoms with van der Waals surface area (Å²) < 4.78 is 0. The van der Waals surface area contributed by atoms with Crippen molar-refractivity contribution < 1.29 is 0 Å². The molecule has 2 nitrogen and oxygen atoms in total. The van der Waals surface area contributed by atoms with Gasteiger partial charge in [-0.05, 0) is 45.2 Å². The van der Waals surface area contributed by atoms with Crippen molar-refractivity contribution in [1.29, 1.82) is 0 Å². The molecule has 88 valence electrons. The molecule has 2 fully saturated rings. The smallest absolute Gasteiger partial charge is 0.0107 e. The van der Waals surface area contributed by atoms with Crippen LogP contribution in [0.25, 0.3) is 0 Å². The number of nitrogens with zero attached hydrogens (tertiary/aromatic N) is 1. The maximum Gasteiger partial charge on any atom is 0.0107 e. The summed E-state index contributed by atoms with van der Waals surface area (Å²) in [6.07, 6.45) is 8.60. The first-order valence-electron chi connectivity index (χ1n) is 6.75. The highest BCUT2D eigenvalue weighted by Gasteiger charge is 2.31. The molecule has 2 atom stereocenters. The standard InChI is InChI=1S/C13H26N2/c1-3-14-13-7-5-4-6-11(13)10-15(2)12-8-9-12/h11-14H,3-10H2,1-2H3. The second kappa shape index (κ2) is 5.31. The predicted octanol–water partition coefficient (Wildman–Crippen LogP) is 2.25. The largest absolute Gasteiger partial charge is 0.314 e. The molecule has 0 bridgehead atoms. The van der Waals surface area contributed by atoms with Crippen molar-refractivity contribution in [3.8, 4) is 0 Å². The van der Waals surface area contributed by atoms with Crippen molar-refractivity contribution in [2.75, 3.05) is 20.1 Å². The summed E-state index contributed by atoms with van der Waals surface area (Å²) in [5.74, 6) is 0.907. The molecule has 2 unspecified atom stereocenters. The third-order valence-corrected chi connectivity index (χ3v) is 4.07. The average Bonchev–Trinajstić information content (AvgIpc) is 3.04. The van der Waals surface area contributed by atoms with Gasteiger partial charge in [-0.15, -0.1) is 0 Å². The Hall–Kier alpha value is -0.0800. The Morgan fingerprint density at radius 1 is 1.13 bits per heavy atom. The second-order valence-corrected chi connectivity index (χ2v) is 5.38. The lowest BCUT2D eigenvalue weighted by molar-refractivity contribution is 0.186. The molecular formula is C13H26N2. The first kappa shape index (κ1) is 11.4. The molecule has 0 aromatic heterocycles. The van der Waals surface area contributed by atoms with Crippen LogP contribution in [0.5, 0.6) is 0 Å². The van der Waals surface area contributed by atoms with Gasteiger partial charge in [0.15, 0.2) is 0 Å².